The molecule has 2 aromatic rings. The lowest BCUT2D eigenvalue weighted by molar-refractivity contribution is -0.121. The smallest absolute Gasteiger partial charge is 0.243 e. The van der Waals surface area contributed by atoms with Gasteiger partial charge in [0.05, 0.1) is 18.5 Å². The lowest BCUT2D eigenvalue weighted by Crippen LogP contribution is -2.48. The Morgan fingerprint density at radius 1 is 1.10 bits per heavy atom. The summed E-state index contributed by atoms with van der Waals surface area (Å²) in [5.74, 6) is 0.749. The molecule has 1 unspecified atom stereocenters. The fourth-order valence-electron chi connectivity index (χ4n) is 3.15. The second-order valence-corrected chi connectivity index (χ2v) is 9.27. The first-order chi connectivity index (χ1) is 13.6. The summed E-state index contributed by atoms with van der Waals surface area (Å²) in [6.07, 6.45) is 1.10. The van der Waals surface area contributed by atoms with E-state index >= 15 is 0 Å². The number of sulfonamides is 1. The molecule has 0 aliphatic rings. The number of para-hydroxylation sites is 1. The molecule has 0 saturated heterocycles. The molecule has 1 N–H and O–H groups in total. The van der Waals surface area contributed by atoms with Crippen LogP contribution >= 0.6 is 0 Å². The number of carbonyl (C=O) groups excluding carboxylic acids is 1. The molecule has 2 rings (SSSR count). The van der Waals surface area contributed by atoms with E-state index in [9.17, 15) is 13.2 Å². The molecule has 0 heterocycles. The number of ether oxygens (including phenoxy) is 1. The monoisotopic (exact) mass is 418 g/mol. The van der Waals surface area contributed by atoms with E-state index in [-0.39, 0.29) is 12.5 Å². The number of hydrogen-bond acceptors (Lipinski definition) is 4. The van der Waals surface area contributed by atoms with Gasteiger partial charge in [-0.3, -0.25) is 9.10 Å². The second kappa shape index (κ2) is 9.78. The highest BCUT2D eigenvalue weighted by molar-refractivity contribution is 7.92. The first-order valence-electron chi connectivity index (χ1n) is 9.66. The molecule has 0 saturated carbocycles. The fourth-order valence-corrected chi connectivity index (χ4v) is 4.31. The van der Waals surface area contributed by atoms with E-state index in [1.807, 2.05) is 37.3 Å². The van der Waals surface area contributed by atoms with Crippen molar-refractivity contribution in [3.63, 3.8) is 0 Å². The molecule has 158 valence electrons. The van der Waals surface area contributed by atoms with Gasteiger partial charge >= 0.3 is 0 Å². The van der Waals surface area contributed by atoms with Gasteiger partial charge in [-0.15, -0.1) is 0 Å². The molecule has 0 fully saturated rings. The summed E-state index contributed by atoms with van der Waals surface area (Å²) in [5, 5.41) is 2.77. The molecule has 0 spiro atoms. The van der Waals surface area contributed by atoms with Crippen molar-refractivity contribution in [1.29, 1.82) is 0 Å². The van der Waals surface area contributed by atoms with Gasteiger partial charge in [0.15, 0.2) is 0 Å². The van der Waals surface area contributed by atoms with Crippen LogP contribution in [0.3, 0.4) is 0 Å². The zero-order valence-corrected chi connectivity index (χ0v) is 18.5. The molecule has 7 heteroatoms. The molecular weight excluding hydrogens is 388 g/mol. The number of aryl methyl sites for hydroxylation is 1. The third-order valence-electron chi connectivity index (χ3n) is 4.54. The van der Waals surface area contributed by atoms with Gasteiger partial charge in [0, 0.05) is 0 Å². The normalized spacial score (nSPS) is 12.5. The lowest BCUT2D eigenvalue weighted by Gasteiger charge is -2.28. The Morgan fingerprint density at radius 2 is 1.79 bits per heavy atom. The minimum absolute atomic E-state index is 0.279. The van der Waals surface area contributed by atoms with Crippen LogP contribution < -0.4 is 14.4 Å². The summed E-state index contributed by atoms with van der Waals surface area (Å²) in [5.41, 5.74) is 2.49. The van der Waals surface area contributed by atoms with E-state index in [1.54, 1.807) is 25.1 Å². The van der Waals surface area contributed by atoms with Crippen LogP contribution in [0.4, 0.5) is 5.69 Å². The summed E-state index contributed by atoms with van der Waals surface area (Å²) in [7, 11) is -3.63. The summed E-state index contributed by atoms with van der Waals surface area (Å²) >= 11 is 0. The minimum Gasteiger partial charge on any atom is -0.491 e. The van der Waals surface area contributed by atoms with Crippen LogP contribution in [0.2, 0.25) is 0 Å². The maximum Gasteiger partial charge on any atom is 0.243 e. The Balaban J connectivity index is 2.00. The highest BCUT2D eigenvalue weighted by Gasteiger charge is 2.28. The van der Waals surface area contributed by atoms with E-state index < -0.39 is 16.1 Å². The Morgan fingerprint density at radius 3 is 2.41 bits per heavy atom. The molecule has 1 atom stereocenters. The summed E-state index contributed by atoms with van der Waals surface area (Å²) in [6.45, 7) is 8.22. The minimum atomic E-state index is -3.63. The van der Waals surface area contributed by atoms with Crippen molar-refractivity contribution in [2.24, 2.45) is 0 Å². The predicted molar refractivity (Wildman–Crippen MR) is 117 cm³/mol. The number of carbonyl (C=O) groups is 1. The van der Waals surface area contributed by atoms with Crippen LogP contribution in [0.1, 0.15) is 37.8 Å². The van der Waals surface area contributed by atoms with Gasteiger partial charge in [0.1, 0.15) is 18.4 Å². The first kappa shape index (κ1) is 22.7. The summed E-state index contributed by atoms with van der Waals surface area (Å²) < 4.78 is 31.6. The van der Waals surface area contributed by atoms with Gasteiger partial charge in [0.25, 0.3) is 0 Å². The van der Waals surface area contributed by atoms with Gasteiger partial charge in [-0.2, -0.15) is 0 Å². The van der Waals surface area contributed by atoms with Crippen LogP contribution in [-0.4, -0.2) is 39.8 Å². The number of nitrogens with zero attached hydrogens (tertiary/aromatic N) is 1. The van der Waals surface area contributed by atoms with Gasteiger partial charge in [-0.25, -0.2) is 8.42 Å². The van der Waals surface area contributed by atoms with E-state index in [0.29, 0.717) is 18.2 Å². The van der Waals surface area contributed by atoms with Crippen molar-refractivity contribution in [2.75, 3.05) is 23.7 Å². The number of hydrogen-bond donors (Lipinski definition) is 1. The Hall–Kier alpha value is -2.54. The van der Waals surface area contributed by atoms with Gasteiger partial charge < -0.3 is 10.1 Å². The molecule has 6 nitrogen and oxygen atoms in total. The second-order valence-electron chi connectivity index (χ2n) is 7.41. The molecule has 0 aliphatic heterocycles. The number of nitrogens with one attached hydrogen (secondary N) is 1. The molecule has 0 aromatic heterocycles. The Labute approximate surface area is 173 Å². The highest BCUT2D eigenvalue weighted by Crippen LogP contribution is 2.25. The summed E-state index contributed by atoms with van der Waals surface area (Å²) in [4.78, 5) is 12.6. The van der Waals surface area contributed by atoms with Crippen LogP contribution in [0.15, 0.2) is 48.5 Å². The number of benzene rings is 2. The summed E-state index contributed by atoms with van der Waals surface area (Å²) in [6, 6.07) is 14.0. The Kier molecular flexibility index (Phi) is 7.67. The van der Waals surface area contributed by atoms with Gasteiger partial charge in [-0.05, 0) is 49.1 Å². The third kappa shape index (κ3) is 6.22. The van der Waals surface area contributed by atoms with E-state index in [4.69, 9.17) is 4.74 Å². The van der Waals surface area contributed by atoms with Crippen LogP contribution in [0, 0.1) is 6.92 Å². The van der Waals surface area contributed by atoms with Gasteiger partial charge in [0.2, 0.25) is 15.9 Å². The van der Waals surface area contributed by atoms with E-state index in [2.05, 4.69) is 19.2 Å². The molecule has 1 amide bonds. The molecule has 2 aromatic carbocycles. The van der Waals surface area contributed by atoms with Crippen molar-refractivity contribution >= 4 is 21.6 Å². The standard InChI is InChI=1S/C22H30N2O4S/c1-16(2)20-11-6-7-12-21(20)28-14-13-23-22(25)18(4)24(29(5,26)27)19-10-8-9-17(3)15-19/h6-12,15-16,18H,13-14H2,1-5H3,(H,23,25). The lowest BCUT2D eigenvalue weighted by atomic mass is 10.0. The number of rotatable bonds is 9. The molecular formula is C22H30N2O4S. The maximum absolute atomic E-state index is 12.6. The van der Waals surface area contributed by atoms with Gasteiger partial charge in [-0.1, -0.05) is 44.2 Å². The Bertz CT molecular complexity index is 941. The zero-order valence-electron chi connectivity index (χ0n) is 17.7. The van der Waals surface area contributed by atoms with Crippen molar-refractivity contribution in [2.45, 2.75) is 39.7 Å². The fraction of sp³-hybridized carbons (Fsp3) is 0.409. The third-order valence-corrected chi connectivity index (χ3v) is 5.79. The van der Waals surface area contributed by atoms with E-state index in [0.717, 1.165) is 27.4 Å². The average molecular weight is 419 g/mol. The molecule has 29 heavy (non-hydrogen) atoms. The average Bonchev–Trinajstić information content (AvgIpc) is 2.64. The number of anilines is 1. The van der Waals surface area contributed by atoms with Crippen molar-refractivity contribution in [1.82, 2.24) is 5.32 Å². The maximum atomic E-state index is 12.6. The van der Waals surface area contributed by atoms with Crippen LogP contribution in [0.25, 0.3) is 0 Å². The van der Waals surface area contributed by atoms with Crippen LogP contribution in [0.5, 0.6) is 5.75 Å². The highest BCUT2D eigenvalue weighted by atomic mass is 32.2. The van der Waals surface area contributed by atoms with Crippen molar-refractivity contribution in [3.05, 3.63) is 59.7 Å². The van der Waals surface area contributed by atoms with Crippen molar-refractivity contribution < 1.29 is 17.9 Å². The molecule has 0 radical (unpaired) electrons. The molecule has 0 bridgehead atoms. The zero-order chi connectivity index (χ0) is 21.6. The number of amides is 1. The van der Waals surface area contributed by atoms with E-state index in [1.165, 1.54) is 0 Å². The topological polar surface area (TPSA) is 75.7 Å². The van der Waals surface area contributed by atoms with Crippen molar-refractivity contribution in [3.8, 4) is 5.75 Å². The quantitative estimate of drug-likeness (QED) is 0.633. The molecule has 0 aliphatic carbocycles. The van der Waals surface area contributed by atoms with Crippen LogP contribution in [-0.2, 0) is 14.8 Å². The largest absolute Gasteiger partial charge is 0.491 e. The SMILES string of the molecule is Cc1cccc(N(C(C)C(=O)NCCOc2ccccc2C(C)C)S(C)(=O)=O)c1. The predicted octanol–water partition coefficient (Wildman–Crippen LogP) is 3.47. The first-order valence-corrected chi connectivity index (χ1v) is 11.5.